The summed E-state index contributed by atoms with van der Waals surface area (Å²) in [7, 11) is 0. The van der Waals surface area contributed by atoms with Gasteiger partial charge >= 0.3 is 0 Å². The second kappa shape index (κ2) is 6.99. The molecular weight excluding hydrogens is 286 g/mol. The van der Waals surface area contributed by atoms with Gasteiger partial charge in [0.1, 0.15) is 11.9 Å². The molecule has 0 aliphatic heterocycles. The first-order chi connectivity index (χ1) is 10.1. The van der Waals surface area contributed by atoms with Gasteiger partial charge in [-0.25, -0.2) is 4.98 Å². The molecule has 21 heavy (non-hydrogen) atoms. The van der Waals surface area contributed by atoms with Crippen molar-refractivity contribution < 1.29 is 9.59 Å². The zero-order valence-corrected chi connectivity index (χ0v) is 12.7. The van der Waals surface area contributed by atoms with Crippen molar-refractivity contribution in [2.24, 2.45) is 5.92 Å². The molecule has 2 N–H and O–H groups in total. The van der Waals surface area contributed by atoms with Crippen molar-refractivity contribution in [3.05, 3.63) is 46.8 Å². The van der Waals surface area contributed by atoms with E-state index in [0.29, 0.717) is 10.7 Å². The summed E-state index contributed by atoms with van der Waals surface area (Å²) in [5, 5.41) is 7.31. The summed E-state index contributed by atoms with van der Waals surface area (Å²) < 4.78 is 0. The molecule has 5 nitrogen and oxygen atoms in total. The average molecular weight is 303 g/mol. The van der Waals surface area contributed by atoms with Gasteiger partial charge in [-0.05, 0) is 29.5 Å². The number of pyridine rings is 1. The van der Waals surface area contributed by atoms with E-state index >= 15 is 0 Å². The van der Waals surface area contributed by atoms with Crippen molar-refractivity contribution in [1.29, 1.82) is 0 Å². The van der Waals surface area contributed by atoms with Crippen LogP contribution in [0.2, 0.25) is 0 Å². The molecule has 2 aromatic rings. The zero-order chi connectivity index (χ0) is 15.2. The van der Waals surface area contributed by atoms with E-state index in [2.05, 4.69) is 15.6 Å². The van der Waals surface area contributed by atoms with E-state index in [1.54, 1.807) is 36.5 Å². The summed E-state index contributed by atoms with van der Waals surface area (Å²) in [6, 6.07) is 8.19. The molecule has 0 fully saturated rings. The van der Waals surface area contributed by atoms with Crippen molar-refractivity contribution in [3.8, 4) is 0 Å². The number of rotatable bonds is 5. The van der Waals surface area contributed by atoms with Gasteiger partial charge in [0.05, 0.1) is 4.88 Å². The maximum Gasteiger partial charge on any atom is 0.262 e. The molecule has 0 aliphatic rings. The largest absolute Gasteiger partial charge is 0.339 e. The topological polar surface area (TPSA) is 71.1 Å². The van der Waals surface area contributed by atoms with E-state index in [1.807, 2.05) is 19.2 Å². The number of hydrogen-bond donors (Lipinski definition) is 2. The van der Waals surface area contributed by atoms with Gasteiger partial charge in [0.15, 0.2) is 0 Å². The summed E-state index contributed by atoms with van der Waals surface area (Å²) in [6.07, 6.45) is 1.60. The van der Waals surface area contributed by atoms with E-state index in [-0.39, 0.29) is 17.7 Å². The van der Waals surface area contributed by atoms with Gasteiger partial charge in [-0.2, -0.15) is 0 Å². The lowest BCUT2D eigenvalue weighted by Gasteiger charge is -2.21. The van der Waals surface area contributed by atoms with Crippen molar-refractivity contribution in [2.45, 2.75) is 19.9 Å². The first-order valence-electron chi connectivity index (χ1n) is 6.64. The minimum absolute atomic E-state index is 0.0300. The van der Waals surface area contributed by atoms with E-state index in [9.17, 15) is 9.59 Å². The minimum atomic E-state index is -0.610. The summed E-state index contributed by atoms with van der Waals surface area (Å²) in [4.78, 5) is 29.0. The highest BCUT2D eigenvalue weighted by molar-refractivity contribution is 7.12. The van der Waals surface area contributed by atoms with Gasteiger partial charge in [0, 0.05) is 6.20 Å². The number of amides is 2. The molecule has 110 valence electrons. The standard InChI is InChI=1S/C15H17N3O2S/c1-10(2)13(18-14(19)11-6-5-9-21-11)15(20)17-12-7-3-4-8-16-12/h3-10,13H,1-2H3,(H,18,19)(H,16,17,20). The average Bonchev–Trinajstić information content (AvgIpc) is 2.99. The molecule has 1 unspecified atom stereocenters. The van der Waals surface area contributed by atoms with E-state index < -0.39 is 6.04 Å². The number of aromatic nitrogens is 1. The van der Waals surface area contributed by atoms with Crippen LogP contribution >= 0.6 is 11.3 Å². The quantitative estimate of drug-likeness (QED) is 0.891. The fraction of sp³-hybridized carbons (Fsp3) is 0.267. The first-order valence-corrected chi connectivity index (χ1v) is 7.52. The number of thiophene rings is 1. The third-order valence-corrected chi connectivity index (χ3v) is 3.77. The second-order valence-corrected chi connectivity index (χ2v) is 5.82. The van der Waals surface area contributed by atoms with E-state index in [0.717, 1.165) is 0 Å². The Balaban J connectivity index is 2.05. The van der Waals surface area contributed by atoms with Crippen molar-refractivity contribution in [2.75, 3.05) is 5.32 Å². The van der Waals surface area contributed by atoms with Gasteiger partial charge in [0.25, 0.3) is 5.91 Å². The van der Waals surface area contributed by atoms with Gasteiger partial charge < -0.3 is 10.6 Å². The highest BCUT2D eigenvalue weighted by Gasteiger charge is 2.25. The van der Waals surface area contributed by atoms with Crippen LogP contribution in [0.15, 0.2) is 41.9 Å². The van der Waals surface area contributed by atoms with E-state index in [1.165, 1.54) is 11.3 Å². The summed E-state index contributed by atoms with van der Waals surface area (Å²) in [6.45, 7) is 3.77. The Labute approximate surface area is 127 Å². The van der Waals surface area contributed by atoms with Crippen molar-refractivity contribution in [3.63, 3.8) is 0 Å². The fourth-order valence-corrected chi connectivity index (χ4v) is 2.42. The number of hydrogen-bond acceptors (Lipinski definition) is 4. The number of carbonyl (C=O) groups excluding carboxylic acids is 2. The van der Waals surface area contributed by atoms with Crippen LogP contribution in [0.25, 0.3) is 0 Å². The molecule has 0 bridgehead atoms. The number of nitrogens with one attached hydrogen (secondary N) is 2. The van der Waals surface area contributed by atoms with Gasteiger partial charge in [-0.1, -0.05) is 26.0 Å². The maximum atomic E-state index is 12.3. The molecule has 0 saturated carbocycles. The lowest BCUT2D eigenvalue weighted by molar-refractivity contribution is -0.118. The van der Waals surface area contributed by atoms with Crippen LogP contribution < -0.4 is 10.6 Å². The lowest BCUT2D eigenvalue weighted by Crippen LogP contribution is -2.47. The molecule has 2 heterocycles. The summed E-state index contributed by atoms with van der Waals surface area (Å²) >= 11 is 1.34. The van der Waals surface area contributed by atoms with Crippen LogP contribution in [-0.2, 0) is 4.79 Å². The SMILES string of the molecule is CC(C)C(NC(=O)c1cccs1)C(=O)Nc1ccccn1. The third kappa shape index (κ3) is 4.13. The molecule has 0 radical (unpaired) electrons. The Hall–Kier alpha value is -2.21. The van der Waals surface area contributed by atoms with Crippen LogP contribution in [0, 0.1) is 5.92 Å². The Bertz CT molecular complexity index is 597. The Kier molecular flexibility index (Phi) is 5.05. The lowest BCUT2D eigenvalue weighted by atomic mass is 10.0. The Morgan fingerprint density at radius 2 is 2.00 bits per heavy atom. The van der Waals surface area contributed by atoms with Gasteiger partial charge in [-0.15, -0.1) is 11.3 Å². The molecule has 0 saturated heterocycles. The molecule has 0 spiro atoms. The smallest absolute Gasteiger partial charge is 0.262 e. The van der Waals surface area contributed by atoms with Crippen LogP contribution in [0.5, 0.6) is 0 Å². The maximum absolute atomic E-state index is 12.3. The number of anilines is 1. The van der Waals surface area contributed by atoms with Crippen molar-refractivity contribution in [1.82, 2.24) is 10.3 Å². The molecule has 2 rings (SSSR count). The van der Waals surface area contributed by atoms with E-state index in [4.69, 9.17) is 0 Å². The van der Waals surface area contributed by atoms with Gasteiger partial charge in [-0.3, -0.25) is 9.59 Å². The third-order valence-electron chi connectivity index (χ3n) is 2.90. The summed E-state index contributed by atoms with van der Waals surface area (Å²) in [5.41, 5.74) is 0. The summed E-state index contributed by atoms with van der Waals surface area (Å²) in [5.74, 6) is -0.0652. The highest BCUT2D eigenvalue weighted by Crippen LogP contribution is 2.11. The Morgan fingerprint density at radius 1 is 1.19 bits per heavy atom. The first kappa shape index (κ1) is 15.2. The predicted molar refractivity (Wildman–Crippen MR) is 83.3 cm³/mol. The van der Waals surface area contributed by atoms with Crippen LogP contribution in [0.3, 0.4) is 0 Å². The Morgan fingerprint density at radius 3 is 2.57 bits per heavy atom. The fourth-order valence-electron chi connectivity index (χ4n) is 1.80. The molecule has 1 atom stereocenters. The number of nitrogens with zero attached hydrogens (tertiary/aromatic N) is 1. The predicted octanol–water partition coefficient (Wildman–Crippen LogP) is 2.54. The molecule has 6 heteroatoms. The van der Waals surface area contributed by atoms with Crippen LogP contribution in [0.4, 0.5) is 5.82 Å². The molecule has 2 aromatic heterocycles. The molecule has 0 aliphatic carbocycles. The normalized spacial score (nSPS) is 12.0. The minimum Gasteiger partial charge on any atom is -0.339 e. The monoisotopic (exact) mass is 303 g/mol. The molecule has 0 aromatic carbocycles. The highest BCUT2D eigenvalue weighted by atomic mass is 32.1. The van der Waals surface area contributed by atoms with Crippen LogP contribution in [0.1, 0.15) is 23.5 Å². The zero-order valence-electron chi connectivity index (χ0n) is 11.9. The van der Waals surface area contributed by atoms with Crippen molar-refractivity contribution >= 4 is 29.0 Å². The molecule has 2 amide bonds. The van der Waals surface area contributed by atoms with Crippen LogP contribution in [-0.4, -0.2) is 22.8 Å². The van der Waals surface area contributed by atoms with Gasteiger partial charge in [0.2, 0.25) is 5.91 Å². The number of carbonyl (C=O) groups is 2. The molecular formula is C15H17N3O2S. The second-order valence-electron chi connectivity index (χ2n) is 4.88.